The zero-order valence-corrected chi connectivity index (χ0v) is 11.6. The van der Waals surface area contributed by atoms with Crippen LogP contribution in [0.5, 0.6) is 0 Å². The fourth-order valence-corrected chi connectivity index (χ4v) is 2.56. The maximum atomic E-state index is 12.1. The Morgan fingerprint density at radius 3 is 2.18 bits per heavy atom. The Morgan fingerprint density at radius 1 is 1.18 bits per heavy atom. The third kappa shape index (κ3) is 4.30. The van der Waals surface area contributed by atoms with Gasteiger partial charge in [0.25, 0.3) is 0 Å². The lowest BCUT2D eigenvalue weighted by Gasteiger charge is -2.34. The van der Waals surface area contributed by atoms with Gasteiger partial charge in [-0.3, -0.25) is 4.79 Å². The monoisotopic (exact) mass is 241 g/mol. The van der Waals surface area contributed by atoms with Crippen LogP contribution in [0, 0.1) is 5.92 Å². The second kappa shape index (κ2) is 7.00. The molecule has 1 aliphatic carbocycles. The highest BCUT2D eigenvalue weighted by Gasteiger charge is 2.38. The lowest BCUT2D eigenvalue weighted by molar-refractivity contribution is -0.149. The van der Waals surface area contributed by atoms with E-state index in [0.717, 1.165) is 32.2 Å². The number of nitrogens with one attached hydrogen (secondary N) is 1. The molecule has 0 spiro atoms. The van der Waals surface area contributed by atoms with Crippen molar-refractivity contribution in [2.45, 2.75) is 64.3 Å². The molecule has 0 radical (unpaired) electrons. The zero-order valence-electron chi connectivity index (χ0n) is 11.6. The number of carbonyl (C=O) groups excluding carboxylic acids is 1. The SMILES string of the molecule is COC(=O)C1(NCC(C)C)CCCCCCC1. The lowest BCUT2D eigenvalue weighted by atomic mass is 9.83. The van der Waals surface area contributed by atoms with Gasteiger partial charge >= 0.3 is 5.97 Å². The van der Waals surface area contributed by atoms with Crippen molar-refractivity contribution in [1.29, 1.82) is 0 Å². The van der Waals surface area contributed by atoms with E-state index in [1.165, 1.54) is 26.4 Å². The molecule has 1 saturated carbocycles. The van der Waals surface area contributed by atoms with Crippen LogP contribution >= 0.6 is 0 Å². The van der Waals surface area contributed by atoms with E-state index < -0.39 is 5.54 Å². The summed E-state index contributed by atoms with van der Waals surface area (Å²) in [5, 5.41) is 3.48. The molecule has 17 heavy (non-hydrogen) atoms. The minimum absolute atomic E-state index is 0.0694. The van der Waals surface area contributed by atoms with Crippen LogP contribution in [0.25, 0.3) is 0 Å². The fraction of sp³-hybridized carbons (Fsp3) is 0.929. The molecular formula is C14H27NO2. The first kappa shape index (κ1) is 14.5. The molecule has 0 saturated heterocycles. The standard InChI is InChI=1S/C14H27NO2/c1-12(2)11-15-14(13(16)17-3)9-7-5-4-6-8-10-14/h12,15H,4-11H2,1-3H3. The van der Waals surface area contributed by atoms with Gasteiger partial charge in [0.2, 0.25) is 0 Å². The molecule has 0 bridgehead atoms. The van der Waals surface area contributed by atoms with E-state index in [1.807, 2.05) is 0 Å². The van der Waals surface area contributed by atoms with Crippen molar-refractivity contribution in [3.63, 3.8) is 0 Å². The first-order chi connectivity index (χ1) is 8.10. The molecule has 1 aliphatic rings. The largest absolute Gasteiger partial charge is 0.468 e. The van der Waals surface area contributed by atoms with Gasteiger partial charge in [0.15, 0.2) is 0 Å². The number of rotatable bonds is 4. The van der Waals surface area contributed by atoms with Gasteiger partial charge in [-0.25, -0.2) is 0 Å². The van der Waals surface area contributed by atoms with Crippen LogP contribution in [0.1, 0.15) is 58.8 Å². The minimum atomic E-state index is -0.417. The highest BCUT2D eigenvalue weighted by Crippen LogP contribution is 2.27. The molecule has 0 aromatic rings. The highest BCUT2D eigenvalue weighted by molar-refractivity contribution is 5.80. The summed E-state index contributed by atoms with van der Waals surface area (Å²) < 4.78 is 5.02. The Balaban J connectivity index is 2.70. The van der Waals surface area contributed by atoms with Crippen LogP contribution in [0.2, 0.25) is 0 Å². The molecule has 100 valence electrons. The van der Waals surface area contributed by atoms with E-state index >= 15 is 0 Å². The molecule has 1 fully saturated rings. The van der Waals surface area contributed by atoms with Crippen molar-refractivity contribution in [2.75, 3.05) is 13.7 Å². The van der Waals surface area contributed by atoms with Gasteiger partial charge in [-0.1, -0.05) is 46.0 Å². The van der Waals surface area contributed by atoms with Crippen molar-refractivity contribution in [3.05, 3.63) is 0 Å². The molecule has 0 aliphatic heterocycles. The lowest BCUT2D eigenvalue weighted by Crippen LogP contribution is -2.54. The summed E-state index contributed by atoms with van der Waals surface area (Å²) in [5.41, 5.74) is -0.417. The van der Waals surface area contributed by atoms with Gasteiger partial charge in [0.1, 0.15) is 5.54 Å². The molecule has 0 aromatic heterocycles. The first-order valence-electron chi connectivity index (χ1n) is 6.94. The number of esters is 1. The summed E-state index contributed by atoms with van der Waals surface area (Å²) in [4.78, 5) is 12.1. The van der Waals surface area contributed by atoms with E-state index in [1.54, 1.807) is 0 Å². The van der Waals surface area contributed by atoms with Gasteiger partial charge in [0.05, 0.1) is 7.11 Å². The van der Waals surface area contributed by atoms with E-state index in [2.05, 4.69) is 19.2 Å². The van der Waals surface area contributed by atoms with Crippen molar-refractivity contribution >= 4 is 5.97 Å². The van der Waals surface area contributed by atoms with Gasteiger partial charge < -0.3 is 10.1 Å². The first-order valence-corrected chi connectivity index (χ1v) is 6.94. The maximum absolute atomic E-state index is 12.1. The molecule has 3 nitrogen and oxygen atoms in total. The number of hydrogen-bond donors (Lipinski definition) is 1. The summed E-state index contributed by atoms with van der Waals surface area (Å²) in [6, 6.07) is 0. The molecule has 0 amide bonds. The van der Waals surface area contributed by atoms with Gasteiger partial charge in [-0.2, -0.15) is 0 Å². The molecular weight excluding hydrogens is 214 g/mol. The average Bonchev–Trinajstić information content (AvgIpc) is 2.27. The predicted molar refractivity (Wildman–Crippen MR) is 69.9 cm³/mol. The third-order valence-corrected chi connectivity index (χ3v) is 3.63. The van der Waals surface area contributed by atoms with Crippen LogP contribution < -0.4 is 5.32 Å². The Kier molecular flexibility index (Phi) is 5.96. The van der Waals surface area contributed by atoms with Crippen LogP contribution in [0.4, 0.5) is 0 Å². The summed E-state index contributed by atoms with van der Waals surface area (Å²) in [6.45, 7) is 5.22. The van der Waals surface area contributed by atoms with Crippen molar-refractivity contribution in [3.8, 4) is 0 Å². The van der Waals surface area contributed by atoms with Crippen LogP contribution in [-0.4, -0.2) is 25.2 Å². The topological polar surface area (TPSA) is 38.3 Å². The molecule has 0 atom stereocenters. The fourth-order valence-electron chi connectivity index (χ4n) is 2.56. The van der Waals surface area contributed by atoms with E-state index in [4.69, 9.17) is 4.74 Å². The molecule has 1 N–H and O–H groups in total. The maximum Gasteiger partial charge on any atom is 0.326 e. The second-order valence-corrected chi connectivity index (χ2v) is 5.62. The van der Waals surface area contributed by atoms with Crippen LogP contribution in [0.3, 0.4) is 0 Å². The second-order valence-electron chi connectivity index (χ2n) is 5.62. The van der Waals surface area contributed by atoms with Crippen LogP contribution in [-0.2, 0) is 9.53 Å². The number of methoxy groups -OCH3 is 1. The Morgan fingerprint density at radius 2 is 1.71 bits per heavy atom. The summed E-state index contributed by atoms with van der Waals surface area (Å²) >= 11 is 0. The Bertz CT molecular complexity index is 230. The number of hydrogen-bond acceptors (Lipinski definition) is 3. The van der Waals surface area contributed by atoms with Gasteiger partial charge in [-0.15, -0.1) is 0 Å². The Hall–Kier alpha value is -0.570. The van der Waals surface area contributed by atoms with Gasteiger partial charge in [-0.05, 0) is 25.3 Å². The van der Waals surface area contributed by atoms with Crippen molar-refractivity contribution < 1.29 is 9.53 Å². The third-order valence-electron chi connectivity index (χ3n) is 3.63. The van der Waals surface area contributed by atoms with E-state index in [-0.39, 0.29) is 5.97 Å². The van der Waals surface area contributed by atoms with Gasteiger partial charge in [0, 0.05) is 0 Å². The molecule has 0 aromatic carbocycles. The smallest absolute Gasteiger partial charge is 0.326 e. The minimum Gasteiger partial charge on any atom is -0.468 e. The summed E-state index contributed by atoms with van der Waals surface area (Å²) in [7, 11) is 1.50. The molecule has 0 unspecified atom stereocenters. The average molecular weight is 241 g/mol. The zero-order chi connectivity index (χ0) is 12.7. The number of ether oxygens (including phenoxy) is 1. The molecule has 0 heterocycles. The van der Waals surface area contributed by atoms with E-state index in [9.17, 15) is 4.79 Å². The van der Waals surface area contributed by atoms with E-state index in [0.29, 0.717) is 5.92 Å². The number of carbonyl (C=O) groups is 1. The Labute approximate surface area is 105 Å². The van der Waals surface area contributed by atoms with Crippen LogP contribution in [0.15, 0.2) is 0 Å². The quantitative estimate of drug-likeness (QED) is 0.769. The normalized spacial score (nSPS) is 20.7. The highest BCUT2D eigenvalue weighted by atomic mass is 16.5. The summed E-state index contributed by atoms with van der Waals surface area (Å²) in [6.07, 6.45) is 7.88. The van der Waals surface area contributed by atoms with Crippen molar-refractivity contribution in [1.82, 2.24) is 5.32 Å². The molecule has 1 rings (SSSR count). The molecule has 3 heteroatoms. The summed E-state index contributed by atoms with van der Waals surface area (Å²) in [5.74, 6) is 0.488. The van der Waals surface area contributed by atoms with Crippen molar-refractivity contribution in [2.24, 2.45) is 5.92 Å². The predicted octanol–water partition coefficient (Wildman–Crippen LogP) is 2.89.